The molecule has 11 heteroatoms. The summed E-state index contributed by atoms with van der Waals surface area (Å²) in [5.41, 5.74) is 1.60. The first-order valence-corrected chi connectivity index (χ1v) is 11.4. The van der Waals surface area contributed by atoms with Gasteiger partial charge in [0.05, 0.1) is 5.52 Å². The highest BCUT2D eigenvalue weighted by Crippen LogP contribution is 2.32. The highest BCUT2D eigenvalue weighted by molar-refractivity contribution is 5.99. The van der Waals surface area contributed by atoms with Gasteiger partial charge in [0, 0.05) is 37.1 Å². The van der Waals surface area contributed by atoms with Crippen LogP contribution in [-0.4, -0.2) is 82.2 Å². The number of aryl methyl sites for hydroxylation is 1. The van der Waals surface area contributed by atoms with Gasteiger partial charge in [-0.05, 0) is 50.3 Å². The Morgan fingerprint density at radius 3 is 2.68 bits per heavy atom. The number of benzene rings is 1. The zero-order chi connectivity index (χ0) is 24.6. The van der Waals surface area contributed by atoms with Crippen molar-refractivity contribution in [3.8, 4) is 0 Å². The summed E-state index contributed by atoms with van der Waals surface area (Å²) < 4.78 is 55.0. The van der Waals surface area contributed by atoms with E-state index in [2.05, 4.69) is 10.3 Å². The number of aliphatic hydroxyl groups excluding tert-OH is 1. The summed E-state index contributed by atoms with van der Waals surface area (Å²) in [6, 6.07) is 2.08. The van der Waals surface area contributed by atoms with E-state index in [0.29, 0.717) is 35.1 Å². The number of piperazine rings is 1. The fourth-order valence-corrected chi connectivity index (χ4v) is 5.14. The van der Waals surface area contributed by atoms with E-state index in [9.17, 15) is 27.2 Å². The lowest BCUT2D eigenvalue weighted by molar-refractivity contribution is -0.204. The highest BCUT2D eigenvalue weighted by atomic mass is 19.4. The Kier molecular flexibility index (Phi) is 6.86. The van der Waals surface area contributed by atoms with Crippen LogP contribution in [0, 0.1) is 12.7 Å². The van der Waals surface area contributed by atoms with Crippen molar-refractivity contribution in [1.29, 1.82) is 0 Å². The molecule has 2 aliphatic rings. The van der Waals surface area contributed by atoms with Crippen molar-refractivity contribution in [1.82, 2.24) is 20.1 Å². The predicted octanol–water partition coefficient (Wildman–Crippen LogP) is 2.72. The Morgan fingerprint density at radius 1 is 1.24 bits per heavy atom. The van der Waals surface area contributed by atoms with Gasteiger partial charge in [0.25, 0.3) is 5.91 Å². The largest absolute Gasteiger partial charge is 0.410 e. The van der Waals surface area contributed by atoms with Crippen molar-refractivity contribution in [3.63, 3.8) is 0 Å². The minimum atomic E-state index is -4.60. The number of hydrogen-bond acceptors (Lipinski definition) is 4. The van der Waals surface area contributed by atoms with Gasteiger partial charge in [0.15, 0.2) is 0 Å². The molecule has 1 saturated carbocycles. The van der Waals surface area contributed by atoms with Gasteiger partial charge in [-0.15, -0.1) is 0 Å². The fourth-order valence-electron chi connectivity index (χ4n) is 5.14. The number of carbonyl (C=O) groups excluding carboxylic acids is 2. The predicted molar refractivity (Wildman–Crippen MR) is 117 cm³/mol. The molecule has 1 saturated heterocycles. The summed E-state index contributed by atoms with van der Waals surface area (Å²) in [6.07, 6.45) is -1.99. The second-order valence-corrected chi connectivity index (χ2v) is 9.12. The molecule has 2 fully saturated rings. The minimum Gasteiger partial charge on any atom is -0.387 e. The van der Waals surface area contributed by atoms with Crippen molar-refractivity contribution in [2.24, 2.45) is 0 Å². The molecule has 3 atom stereocenters. The fraction of sp³-hybridized carbons (Fsp3) is 0.565. The van der Waals surface area contributed by atoms with Crippen LogP contribution in [0.4, 0.5) is 17.6 Å². The molecule has 0 bridgehead atoms. The van der Waals surface area contributed by atoms with Crippen molar-refractivity contribution in [2.75, 3.05) is 26.2 Å². The maximum atomic E-state index is 14.1. The number of fused-ring (bicyclic) bond motifs is 1. The summed E-state index contributed by atoms with van der Waals surface area (Å²) in [5, 5.41) is 12.3. The van der Waals surface area contributed by atoms with Crippen molar-refractivity contribution in [2.45, 2.75) is 56.9 Å². The van der Waals surface area contributed by atoms with E-state index in [1.165, 1.54) is 12.1 Å². The Hall–Kier alpha value is -2.66. The number of aromatic nitrogens is 1. The summed E-state index contributed by atoms with van der Waals surface area (Å²) in [7, 11) is 0. The number of rotatable bonds is 4. The van der Waals surface area contributed by atoms with Crippen LogP contribution in [0.3, 0.4) is 0 Å². The Labute approximate surface area is 194 Å². The molecule has 186 valence electrons. The molecule has 1 aliphatic carbocycles. The number of nitrogens with zero attached hydrogens (tertiary/aromatic N) is 2. The monoisotopic (exact) mass is 484 g/mol. The smallest absolute Gasteiger partial charge is 0.387 e. The molecule has 2 heterocycles. The van der Waals surface area contributed by atoms with Gasteiger partial charge in [-0.2, -0.15) is 13.2 Å². The second kappa shape index (κ2) is 9.53. The van der Waals surface area contributed by atoms with E-state index >= 15 is 0 Å². The van der Waals surface area contributed by atoms with Gasteiger partial charge in [0.2, 0.25) is 5.91 Å². The second-order valence-electron chi connectivity index (χ2n) is 9.12. The average molecular weight is 484 g/mol. The first-order valence-electron chi connectivity index (χ1n) is 11.4. The lowest BCUT2D eigenvalue weighted by atomic mass is 9.89. The molecule has 0 radical (unpaired) electrons. The minimum absolute atomic E-state index is 0.114. The first-order chi connectivity index (χ1) is 16.1. The molecule has 0 spiro atoms. The first kappa shape index (κ1) is 24.5. The van der Waals surface area contributed by atoms with Crippen molar-refractivity contribution in [3.05, 3.63) is 35.3 Å². The molecule has 34 heavy (non-hydrogen) atoms. The summed E-state index contributed by atoms with van der Waals surface area (Å²) in [6.45, 7) is 0.650. The van der Waals surface area contributed by atoms with Crippen LogP contribution in [-0.2, 0) is 4.79 Å². The molecule has 3 N–H and O–H groups in total. The number of H-pyrrole nitrogens is 1. The quantitative estimate of drug-likeness (QED) is 0.583. The van der Waals surface area contributed by atoms with E-state index < -0.39 is 30.5 Å². The van der Waals surface area contributed by atoms with Gasteiger partial charge >= 0.3 is 6.18 Å². The number of aliphatic hydroxyl groups is 1. The zero-order valence-electron chi connectivity index (χ0n) is 18.8. The molecule has 7 nitrogen and oxygen atoms in total. The zero-order valence-corrected chi connectivity index (χ0v) is 18.8. The molecular weight excluding hydrogens is 456 g/mol. The highest BCUT2D eigenvalue weighted by Gasteiger charge is 2.49. The molecule has 1 aliphatic heterocycles. The van der Waals surface area contributed by atoms with Crippen molar-refractivity contribution < 1.29 is 32.3 Å². The van der Waals surface area contributed by atoms with Crippen LogP contribution in [0.15, 0.2) is 18.2 Å². The lowest BCUT2D eigenvalue weighted by Gasteiger charge is -2.46. The van der Waals surface area contributed by atoms with Crippen molar-refractivity contribution >= 4 is 22.7 Å². The van der Waals surface area contributed by atoms with Gasteiger partial charge < -0.3 is 20.3 Å². The molecule has 1 unspecified atom stereocenters. The average Bonchev–Trinajstić information content (AvgIpc) is 3.27. The van der Waals surface area contributed by atoms with Crippen LogP contribution >= 0.6 is 0 Å². The molecule has 2 aromatic rings. The number of hydrogen-bond donors (Lipinski definition) is 3. The summed E-state index contributed by atoms with van der Waals surface area (Å²) in [4.78, 5) is 30.0. The van der Waals surface area contributed by atoms with Crippen LogP contribution in [0.25, 0.3) is 10.9 Å². The van der Waals surface area contributed by atoms with E-state index in [4.69, 9.17) is 5.11 Å². The lowest BCUT2D eigenvalue weighted by Crippen LogP contribution is -2.63. The number of carbonyl (C=O) groups is 2. The topological polar surface area (TPSA) is 88.7 Å². The molecule has 1 aromatic heterocycles. The van der Waals surface area contributed by atoms with E-state index in [1.54, 1.807) is 11.0 Å². The maximum absolute atomic E-state index is 14.1. The normalized spacial score (nSPS) is 24.4. The van der Waals surface area contributed by atoms with Gasteiger partial charge in [-0.1, -0.05) is 6.07 Å². The molecule has 4 rings (SSSR count). The van der Waals surface area contributed by atoms with E-state index in [0.717, 1.165) is 12.0 Å². The third kappa shape index (κ3) is 4.90. The van der Waals surface area contributed by atoms with Crippen LogP contribution < -0.4 is 5.32 Å². The number of nitrogens with one attached hydrogen (secondary N) is 2. The summed E-state index contributed by atoms with van der Waals surface area (Å²) in [5.74, 6) is -1.74. The molecule has 2 amide bonds. The Balaban J connectivity index is 1.42. The number of halogens is 4. The van der Waals surface area contributed by atoms with Gasteiger partial charge in [0.1, 0.15) is 24.2 Å². The van der Waals surface area contributed by atoms with E-state index in [1.807, 2.05) is 6.92 Å². The van der Waals surface area contributed by atoms with Gasteiger partial charge in [-0.25, -0.2) is 4.39 Å². The SMILES string of the molecule is Cc1ccc(F)c2cc(C(=O)N[C@@H]3CCC[C@@H](N4CCN(C(=O)CO)C(C(F)(F)F)C4)C3)[nH]c12. The number of amides is 2. The Morgan fingerprint density at radius 2 is 2.00 bits per heavy atom. The third-order valence-corrected chi connectivity index (χ3v) is 6.94. The van der Waals surface area contributed by atoms with Crippen LogP contribution in [0.2, 0.25) is 0 Å². The standard InChI is InChI=1S/C23H28F4N4O3/c1-13-5-6-17(24)16-10-18(29-21(13)16)22(34)28-14-3-2-4-15(9-14)30-7-8-31(20(33)12-32)19(11-30)23(25,26)27/h5-6,10,14-15,19,29,32H,2-4,7-9,11-12H2,1H3,(H,28,34)/t14-,15-,19?/m1/s1. The summed E-state index contributed by atoms with van der Waals surface area (Å²) >= 11 is 0. The van der Waals surface area contributed by atoms with Gasteiger partial charge in [-0.3, -0.25) is 14.5 Å². The maximum Gasteiger partial charge on any atom is 0.410 e. The Bertz CT molecular complexity index is 1030. The third-order valence-electron chi connectivity index (χ3n) is 6.94. The molecule has 1 aromatic carbocycles. The van der Waals surface area contributed by atoms with Crippen LogP contribution in [0.1, 0.15) is 41.7 Å². The van der Waals surface area contributed by atoms with Crippen LogP contribution in [0.5, 0.6) is 0 Å². The molecular formula is C23H28F4N4O3. The van der Waals surface area contributed by atoms with E-state index in [-0.39, 0.29) is 43.3 Å². The number of alkyl halides is 3. The number of aromatic amines is 1.